The molecule has 0 bridgehead atoms. The van der Waals surface area contributed by atoms with Crippen LogP contribution in [0.2, 0.25) is 0 Å². The fourth-order valence-electron chi connectivity index (χ4n) is 13.9. The van der Waals surface area contributed by atoms with Crippen LogP contribution in [0.3, 0.4) is 0 Å². The highest BCUT2D eigenvalue weighted by Gasteiger charge is 2.69. The Kier molecular flexibility index (Phi) is 7.21. The summed E-state index contributed by atoms with van der Waals surface area (Å²) in [6.07, 6.45) is 14.7. The standard InChI is InChI=1S/C40H62O5/c1-23-10-11-25-24(2)33(45-32(41)31(23)25)44-30-15-16-37(7)28(36(30,5)6)14-17-39(9)29(37)13-12-26-27-22-35(3,4)18-20-40(27,34(42)43)21-19-38(26,39)8/h12,23-25,27-31,33H,10-11,13-22H2,1-9H3,(H,42,43)/t23-,24-,25-,27-,28-,29+,30-,31+,33-,37-,38+,39+,40-/m0/s1. The Morgan fingerprint density at radius 2 is 1.60 bits per heavy atom. The van der Waals surface area contributed by atoms with E-state index in [1.54, 1.807) is 0 Å². The Hall–Kier alpha value is -1.36. The number of esters is 1. The number of carbonyl (C=O) groups is 2. The summed E-state index contributed by atoms with van der Waals surface area (Å²) in [5.41, 5.74) is 1.47. The molecule has 0 aromatic heterocycles. The third kappa shape index (κ3) is 4.26. The van der Waals surface area contributed by atoms with E-state index >= 15 is 0 Å². The number of hydrogen-bond acceptors (Lipinski definition) is 4. The molecule has 13 atom stereocenters. The minimum Gasteiger partial charge on any atom is -0.481 e. The fourth-order valence-corrected chi connectivity index (χ4v) is 13.9. The van der Waals surface area contributed by atoms with Crippen LogP contribution in [-0.4, -0.2) is 29.4 Å². The summed E-state index contributed by atoms with van der Waals surface area (Å²) < 4.78 is 13.0. The van der Waals surface area contributed by atoms with Gasteiger partial charge in [-0.25, -0.2) is 0 Å². The van der Waals surface area contributed by atoms with Crippen LogP contribution >= 0.6 is 0 Å². The molecule has 7 aliphatic rings. The molecule has 0 aromatic rings. The van der Waals surface area contributed by atoms with E-state index in [1.807, 2.05) is 0 Å². The average molecular weight is 623 g/mol. The molecule has 6 fully saturated rings. The number of allylic oxidation sites excluding steroid dienone is 2. The van der Waals surface area contributed by atoms with Gasteiger partial charge in [-0.1, -0.05) is 74.0 Å². The Balaban J connectivity index is 1.16. The largest absolute Gasteiger partial charge is 0.481 e. The maximum absolute atomic E-state index is 13.1. The average Bonchev–Trinajstić information content (AvgIpc) is 3.35. The van der Waals surface area contributed by atoms with Crippen molar-refractivity contribution in [2.75, 3.05) is 0 Å². The normalized spacial score (nSPS) is 53.0. The van der Waals surface area contributed by atoms with Crippen LogP contribution in [0.25, 0.3) is 0 Å². The molecule has 6 aliphatic carbocycles. The van der Waals surface area contributed by atoms with E-state index in [9.17, 15) is 14.7 Å². The molecule has 0 aromatic carbocycles. The van der Waals surface area contributed by atoms with Gasteiger partial charge in [0.2, 0.25) is 6.29 Å². The number of carboxylic acid groups (broad SMARTS) is 1. The molecule has 0 amide bonds. The number of cyclic esters (lactones) is 1. The van der Waals surface area contributed by atoms with Gasteiger partial charge in [-0.05, 0) is 134 Å². The van der Waals surface area contributed by atoms with E-state index in [2.05, 4.69) is 68.4 Å². The van der Waals surface area contributed by atoms with Crippen molar-refractivity contribution >= 4 is 11.9 Å². The van der Waals surface area contributed by atoms with Gasteiger partial charge in [0.05, 0.1) is 17.4 Å². The summed E-state index contributed by atoms with van der Waals surface area (Å²) in [5.74, 6) is 1.76. The summed E-state index contributed by atoms with van der Waals surface area (Å²) >= 11 is 0. The molecule has 0 unspecified atom stereocenters. The van der Waals surface area contributed by atoms with Crippen LogP contribution in [-0.2, 0) is 19.1 Å². The zero-order valence-electron chi connectivity index (χ0n) is 29.8. The lowest BCUT2D eigenvalue weighted by Gasteiger charge is -2.71. The van der Waals surface area contributed by atoms with Crippen LogP contribution in [0.15, 0.2) is 11.6 Å². The van der Waals surface area contributed by atoms with E-state index in [1.165, 1.54) is 18.4 Å². The molecule has 5 saturated carbocycles. The van der Waals surface area contributed by atoms with E-state index in [0.29, 0.717) is 23.7 Å². The lowest BCUT2D eigenvalue weighted by Crippen LogP contribution is -2.65. The van der Waals surface area contributed by atoms with Crippen molar-refractivity contribution in [3.05, 3.63) is 11.6 Å². The monoisotopic (exact) mass is 622 g/mol. The first-order chi connectivity index (χ1) is 20.9. The Morgan fingerprint density at radius 3 is 2.31 bits per heavy atom. The number of carboxylic acids is 1. The Labute approximate surface area is 273 Å². The lowest BCUT2D eigenvalue weighted by molar-refractivity contribution is -0.271. The third-order valence-corrected chi connectivity index (χ3v) is 16.9. The van der Waals surface area contributed by atoms with Gasteiger partial charge in [0.15, 0.2) is 0 Å². The van der Waals surface area contributed by atoms with Gasteiger partial charge in [0.25, 0.3) is 0 Å². The van der Waals surface area contributed by atoms with Gasteiger partial charge >= 0.3 is 11.9 Å². The second-order valence-electron chi connectivity index (χ2n) is 19.6. The van der Waals surface area contributed by atoms with Crippen LogP contribution in [0, 0.1) is 73.9 Å². The van der Waals surface area contributed by atoms with Gasteiger partial charge in [-0.15, -0.1) is 0 Å². The first-order valence-corrected chi connectivity index (χ1v) is 18.7. The molecule has 0 radical (unpaired) electrons. The SMILES string of the molecule is C[C@@H]1[C@@H](O[C@H]2CC[C@]3(C)[C@H]4CC=C5[C@@H]6CC(C)(C)CC[C@]6(C(=O)O)CC[C@@]5(C)[C@]4(C)CC[C@H]3C2(C)C)OC(=O)[C@H]2[C@H]1CC[C@@H]2C. The van der Waals surface area contributed by atoms with Crippen molar-refractivity contribution in [1.29, 1.82) is 0 Å². The van der Waals surface area contributed by atoms with Gasteiger partial charge in [0.1, 0.15) is 0 Å². The number of rotatable bonds is 3. The van der Waals surface area contributed by atoms with E-state index in [0.717, 1.165) is 64.2 Å². The Morgan fingerprint density at radius 1 is 0.889 bits per heavy atom. The van der Waals surface area contributed by atoms with Crippen molar-refractivity contribution in [3.63, 3.8) is 0 Å². The van der Waals surface area contributed by atoms with Crippen molar-refractivity contribution in [3.8, 4) is 0 Å². The molecule has 5 nitrogen and oxygen atoms in total. The smallest absolute Gasteiger partial charge is 0.311 e. The summed E-state index contributed by atoms with van der Waals surface area (Å²) in [6, 6.07) is 0. The van der Waals surface area contributed by atoms with Crippen molar-refractivity contribution in [2.24, 2.45) is 73.9 Å². The molecular formula is C40H62O5. The quantitative estimate of drug-likeness (QED) is 0.193. The summed E-state index contributed by atoms with van der Waals surface area (Å²) in [4.78, 5) is 26.1. The number of carbonyl (C=O) groups excluding carboxylic acids is 1. The first-order valence-electron chi connectivity index (χ1n) is 18.7. The maximum atomic E-state index is 13.1. The molecule has 1 N–H and O–H groups in total. The molecule has 252 valence electrons. The molecule has 5 heteroatoms. The highest BCUT2D eigenvalue weighted by Crippen LogP contribution is 2.76. The van der Waals surface area contributed by atoms with E-state index in [-0.39, 0.29) is 56.9 Å². The summed E-state index contributed by atoms with van der Waals surface area (Å²) in [7, 11) is 0. The lowest BCUT2D eigenvalue weighted by atomic mass is 9.33. The van der Waals surface area contributed by atoms with Crippen molar-refractivity contribution in [1.82, 2.24) is 0 Å². The highest BCUT2D eigenvalue weighted by atomic mass is 16.7. The topological polar surface area (TPSA) is 72.8 Å². The number of aliphatic carboxylic acids is 1. The maximum Gasteiger partial charge on any atom is 0.311 e. The van der Waals surface area contributed by atoms with Gasteiger partial charge < -0.3 is 14.6 Å². The van der Waals surface area contributed by atoms with Gasteiger partial charge in [-0.2, -0.15) is 0 Å². The van der Waals surface area contributed by atoms with Crippen LogP contribution < -0.4 is 0 Å². The molecule has 7 rings (SSSR count). The first kappa shape index (κ1) is 32.2. The zero-order chi connectivity index (χ0) is 32.5. The molecule has 45 heavy (non-hydrogen) atoms. The second-order valence-corrected chi connectivity index (χ2v) is 19.6. The van der Waals surface area contributed by atoms with E-state index < -0.39 is 17.7 Å². The molecule has 1 heterocycles. The summed E-state index contributed by atoms with van der Waals surface area (Å²) in [6.45, 7) is 21.8. The number of fused-ring (bicyclic) bond motifs is 8. The predicted molar refractivity (Wildman–Crippen MR) is 176 cm³/mol. The van der Waals surface area contributed by atoms with E-state index in [4.69, 9.17) is 9.47 Å². The fraction of sp³-hybridized carbons (Fsp3) is 0.900. The molecular weight excluding hydrogens is 560 g/mol. The zero-order valence-corrected chi connectivity index (χ0v) is 29.8. The second kappa shape index (κ2) is 10.1. The van der Waals surface area contributed by atoms with Crippen molar-refractivity contribution < 1.29 is 24.2 Å². The molecule has 1 aliphatic heterocycles. The highest BCUT2D eigenvalue weighted by molar-refractivity contribution is 5.77. The van der Waals surface area contributed by atoms with Crippen LogP contribution in [0.1, 0.15) is 139 Å². The van der Waals surface area contributed by atoms with Crippen LogP contribution in [0.4, 0.5) is 0 Å². The van der Waals surface area contributed by atoms with Crippen molar-refractivity contribution in [2.45, 2.75) is 152 Å². The van der Waals surface area contributed by atoms with Crippen LogP contribution in [0.5, 0.6) is 0 Å². The third-order valence-electron chi connectivity index (χ3n) is 16.9. The number of hydrogen-bond donors (Lipinski definition) is 1. The minimum atomic E-state index is -0.585. The minimum absolute atomic E-state index is 0.0242. The van der Waals surface area contributed by atoms with Gasteiger partial charge in [-0.3, -0.25) is 9.59 Å². The predicted octanol–water partition coefficient (Wildman–Crippen LogP) is 9.44. The molecule has 1 saturated heterocycles. The molecule has 0 spiro atoms. The summed E-state index contributed by atoms with van der Waals surface area (Å²) in [5, 5.41) is 10.7. The number of ether oxygens (including phenoxy) is 2. The van der Waals surface area contributed by atoms with Gasteiger partial charge in [0, 0.05) is 5.92 Å². The Bertz CT molecular complexity index is 1280.